The largest absolute Gasteiger partial charge is 0.352 e. The molecule has 1 saturated carbocycles. The molecule has 4 heteroatoms. The molecule has 16 heavy (non-hydrogen) atoms. The second kappa shape index (κ2) is 3.77. The van der Waals surface area contributed by atoms with E-state index in [0.717, 1.165) is 18.2 Å². The number of hydrogen-bond acceptors (Lipinski definition) is 3. The van der Waals surface area contributed by atoms with Crippen molar-refractivity contribution in [2.75, 3.05) is 25.5 Å². The summed E-state index contributed by atoms with van der Waals surface area (Å²) in [7, 11) is 2.18. The van der Waals surface area contributed by atoms with Gasteiger partial charge in [0.1, 0.15) is 0 Å². The van der Waals surface area contributed by atoms with Gasteiger partial charge in [-0.1, -0.05) is 0 Å². The minimum atomic E-state index is 0.573. The van der Waals surface area contributed by atoms with Crippen molar-refractivity contribution in [3.63, 3.8) is 0 Å². The highest BCUT2D eigenvalue weighted by Crippen LogP contribution is 2.37. The van der Waals surface area contributed by atoms with Gasteiger partial charge in [0.05, 0.1) is 5.69 Å². The second-order valence-corrected chi connectivity index (χ2v) is 5.24. The van der Waals surface area contributed by atoms with Gasteiger partial charge in [-0.15, -0.1) is 0 Å². The fourth-order valence-electron chi connectivity index (χ4n) is 2.49. The highest BCUT2D eigenvalue weighted by Gasteiger charge is 2.28. The third-order valence-corrected chi connectivity index (χ3v) is 3.52. The summed E-state index contributed by atoms with van der Waals surface area (Å²) in [6.45, 7) is 4.40. The van der Waals surface area contributed by atoms with Crippen molar-refractivity contribution >= 4 is 5.95 Å². The van der Waals surface area contributed by atoms with Gasteiger partial charge in [-0.05, 0) is 39.8 Å². The number of imidazole rings is 1. The molecule has 3 rings (SSSR count). The van der Waals surface area contributed by atoms with Gasteiger partial charge in [-0.3, -0.25) is 0 Å². The first-order chi connectivity index (χ1) is 7.72. The monoisotopic (exact) mass is 220 g/mol. The molecule has 1 saturated heterocycles. The van der Waals surface area contributed by atoms with E-state index >= 15 is 0 Å². The van der Waals surface area contributed by atoms with Gasteiger partial charge in [0.2, 0.25) is 5.95 Å². The van der Waals surface area contributed by atoms with Crippen molar-refractivity contribution in [3.05, 3.63) is 11.9 Å². The fraction of sp³-hybridized carbons (Fsp3) is 0.750. The Bertz CT molecular complexity index is 380. The molecule has 1 unspecified atom stereocenters. The third kappa shape index (κ3) is 1.94. The Morgan fingerprint density at radius 2 is 2.19 bits per heavy atom. The summed E-state index contributed by atoms with van der Waals surface area (Å²) in [6.07, 6.45) is 6.04. The average molecular weight is 220 g/mol. The number of likely N-dealkylation sites (N-methyl/N-ethyl adjacent to an activating group) is 1. The van der Waals surface area contributed by atoms with E-state index in [2.05, 4.69) is 39.9 Å². The lowest BCUT2D eigenvalue weighted by Gasteiger charge is -2.14. The molecule has 0 spiro atoms. The number of nitrogens with one attached hydrogen (secondary N) is 1. The normalized spacial score (nSPS) is 26.2. The topological polar surface area (TPSA) is 33.1 Å². The first-order valence-electron chi connectivity index (χ1n) is 6.23. The molecule has 1 N–H and O–H groups in total. The van der Waals surface area contributed by atoms with E-state index in [0.29, 0.717) is 12.1 Å². The number of likely N-dealkylation sites (tertiary alicyclic amines) is 1. The Hall–Kier alpha value is -1.03. The number of hydrogen-bond donors (Lipinski definition) is 1. The van der Waals surface area contributed by atoms with Crippen LogP contribution in [0.4, 0.5) is 5.95 Å². The van der Waals surface area contributed by atoms with Crippen LogP contribution >= 0.6 is 0 Å². The molecule has 2 fully saturated rings. The summed E-state index contributed by atoms with van der Waals surface area (Å²) in [5, 5.41) is 3.59. The van der Waals surface area contributed by atoms with Crippen LogP contribution in [0.15, 0.2) is 6.20 Å². The van der Waals surface area contributed by atoms with E-state index in [-0.39, 0.29) is 0 Å². The minimum absolute atomic E-state index is 0.573. The first kappa shape index (κ1) is 10.1. The summed E-state index contributed by atoms with van der Waals surface area (Å²) in [5.74, 6) is 1.08. The standard InChI is InChI=1S/C12H20N4/c1-9-7-16(11-3-4-11)12(13-9)14-10-5-6-15(2)8-10/h7,10-11H,3-6,8H2,1-2H3,(H,13,14). The van der Waals surface area contributed by atoms with Crippen molar-refractivity contribution in [2.45, 2.75) is 38.3 Å². The minimum Gasteiger partial charge on any atom is -0.352 e. The molecular formula is C12H20N4. The molecule has 1 aliphatic carbocycles. The first-order valence-corrected chi connectivity index (χ1v) is 6.23. The summed E-state index contributed by atoms with van der Waals surface area (Å²) in [4.78, 5) is 6.96. The Kier molecular flexibility index (Phi) is 2.39. The molecule has 1 atom stereocenters. The summed E-state index contributed by atoms with van der Waals surface area (Å²) >= 11 is 0. The van der Waals surface area contributed by atoms with Crippen molar-refractivity contribution < 1.29 is 0 Å². The van der Waals surface area contributed by atoms with Crippen molar-refractivity contribution in [2.24, 2.45) is 0 Å². The van der Waals surface area contributed by atoms with Crippen LogP contribution in [0.2, 0.25) is 0 Å². The Morgan fingerprint density at radius 1 is 1.38 bits per heavy atom. The van der Waals surface area contributed by atoms with Crippen LogP contribution in [0.3, 0.4) is 0 Å². The molecular weight excluding hydrogens is 200 g/mol. The molecule has 0 aromatic carbocycles. The third-order valence-electron chi connectivity index (χ3n) is 3.52. The van der Waals surface area contributed by atoms with E-state index in [4.69, 9.17) is 0 Å². The van der Waals surface area contributed by atoms with E-state index in [1.54, 1.807) is 0 Å². The number of aromatic nitrogens is 2. The maximum atomic E-state index is 4.59. The van der Waals surface area contributed by atoms with E-state index in [1.165, 1.54) is 25.8 Å². The van der Waals surface area contributed by atoms with E-state index < -0.39 is 0 Å². The van der Waals surface area contributed by atoms with Gasteiger partial charge < -0.3 is 14.8 Å². The van der Waals surface area contributed by atoms with Gasteiger partial charge in [0.25, 0.3) is 0 Å². The van der Waals surface area contributed by atoms with Gasteiger partial charge >= 0.3 is 0 Å². The van der Waals surface area contributed by atoms with Crippen molar-refractivity contribution in [3.8, 4) is 0 Å². The molecule has 0 bridgehead atoms. The zero-order chi connectivity index (χ0) is 11.1. The molecule has 1 aliphatic heterocycles. The van der Waals surface area contributed by atoms with Gasteiger partial charge in [-0.2, -0.15) is 0 Å². The van der Waals surface area contributed by atoms with Crippen LogP contribution < -0.4 is 5.32 Å². The van der Waals surface area contributed by atoms with E-state index in [9.17, 15) is 0 Å². The lowest BCUT2D eigenvalue weighted by atomic mass is 10.3. The van der Waals surface area contributed by atoms with Gasteiger partial charge in [-0.25, -0.2) is 4.98 Å². The summed E-state index contributed by atoms with van der Waals surface area (Å²) < 4.78 is 2.33. The predicted molar refractivity (Wildman–Crippen MR) is 64.8 cm³/mol. The van der Waals surface area contributed by atoms with Crippen LogP contribution in [-0.2, 0) is 0 Å². The number of rotatable bonds is 3. The average Bonchev–Trinajstić information content (AvgIpc) is 2.91. The van der Waals surface area contributed by atoms with Crippen LogP contribution in [0.25, 0.3) is 0 Å². The van der Waals surface area contributed by atoms with Crippen LogP contribution in [0.5, 0.6) is 0 Å². The zero-order valence-electron chi connectivity index (χ0n) is 10.1. The summed E-state index contributed by atoms with van der Waals surface area (Å²) in [5.41, 5.74) is 1.13. The van der Waals surface area contributed by atoms with E-state index in [1.807, 2.05) is 0 Å². The molecule has 88 valence electrons. The van der Waals surface area contributed by atoms with Crippen molar-refractivity contribution in [1.82, 2.24) is 14.5 Å². The predicted octanol–water partition coefficient (Wildman–Crippen LogP) is 1.64. The number of nitrogens with zero attached hydrogens (tertiary/aromatic N) is 3. The number of aryl methyl sites for hydroxylation is 1. The van der Waals surface area contributed by atoms with Gasteiger partial charge in [0.15, 0.2) is 0 Å². The smallest absolute Gasteiger partial charge is 0.203 e. The molecule has 0 radical (unpaired) electrons. The molecule has 1 aromatic heterocycles. The maximum Gasteiger partial charge on any atom is 0.203 e. The molecule has 0 amide bonds. The van der Waals surface area contributed by atoms with Crippen LogP contribution in [0.1, 0.15) is 31.0 Å². The zero-order valence-corrected chi connectivity index (χ0v) is 10.1. The summed E-state index contributed by atoms with van der Waals surface area (Å²) in [6, 6.07) is 1.28. The molecule has 4 nitrogen and oxygen atoms in total. The quantitative estimate of drug-likeness (QED) is 0.840. The van der Waals surface area contributed by atoms with Crippen LogP contribution in [-0.4, -0.2) is 40.6 Å². The fourth-order valence-corrected chi connectivity index (χ4v) is 2.49. The highest BCUT2D eigenvalue weighted by molar-refractivity contribution is 5.32. The lowest BCUT2D eigenvalue weighted by molar-refractivity contribution is 0.413. The highest BCUT2D eigenvalue weighted by atomic mass is 15.3. The Labute approximate surface area is 96.7 Å². The lowest BCUT2D eigenvalue weighted by Crippen LogP contribution is -2.25. The Balaban J connectivity index is 1.73. The molecule has 2 aliphatic rings. The molecule has 1 aromatic rings. The van der Waals surface area contributed by atoms with Crippen molar-refractivity contribution in [1.29, 1.82) is 0 Å². The second-order valence-electron chi connectivity index (χ2n) is 5.24. The maximum absolute atomic E-state index is 4.59. The van der Waals surface area contributed by atoms with Gasteiger partial charge in [0, 0.05) is 24.8 Å². The Morgan fingerprint density at radius 3 is 2.81 bits per heavy atom. The molecule has 2 heterocycles. The SMILES string of the molecule is Cc1cn(C2CC2)c(NC2CCN(C)C2)n1. The van der Waals surface area contributed by atoms with Crippen LogP contribution in [0, 0.1) is 6.92 Å². The number of anilines is 1.